The van der Waals surface area contributed by atoms with E-state index >= 15 is 0 Å². The number of imidazole rings is 1. The number of likely N-dealkylation sites (tertiary alicyclic amines) is 1. The van der Waals surface area contributed by atoms with E-state index in [-0.39, 0.29) is 17.4 Å². The van der Waals surface area contributed by atoms with Crippen molar-refractivity contribution in [1.29, 1.82) is 0 Å². The van der Waals surface area contributed by atoms with E-state index in [1.165, 1.54) is 22.7 Å². The van der Waals surface area contributed by atoms with E-state index in [0.717, 1.165) is 30.7 Å². The van der Waals surface area contributed by atoms with Gasteiger partial charge < -0.3 is 4.98 Å². The summed E-state index contributed by atoms with van der Waals surface area (Å²) in [6.07, 6.45) is 1.98. The molecule has 1 fully saturated rings. The van der Waals surface area contributed by atoms with Crippen LogP contribution in [0.15, 0.2) is 29.1 Å². The number of hydrogen-bond donors (Lipinski definition) is 2. The third-order valence-electron chi connectivity index (χ3n) is 5.00. The fraction of sp³-hybridized carbons (Fsp3) is 0.333. The van der Waals surface area contributed by atoms with Crippen LogP contribution in [0.3, 0.4) is 0 Å². The molecule has 1 aromatic carbocycles. The van der Waals surface area contributed by atoms with Gasteiger partial charge >= 0.3 is 0 Å². The fourth-order valence-corrected chi connectivity index (χ4v) is 3.81. The van der Waals surface area contributed by atoms with Crippen LogP contribution >= 0.6 is 0 Å². The van der Waals surface area contributed by atoms with Crippen molar-refractivity contribution >= 4 is 16.8 Å². The minimum absolute atomic E-state index is 0.0848. The van der Waals surface area contributed by atoms with Gasteiger partial charge in [0.2, 0.25) is 0 Å². The minimum Gasteiger partial charge on any atom is -0.341 e. The van der Waals surface area contributed by atoms with E-state index < -0.39 is 0 Å². The summed E-state index contributed by atoms with van der Waals surface area (Å²) in [5.41, 5.74) is 1.95. The molecule has 0 saturated carbocycles. The van der Waals surface area contributed by atoms with Gasteiger partial charge in [0, 0.05) is 12.6 Å². The monoisotopic (exact) mass is 367 g/mol. The summed E-state index contributed by atoms with van der Waals surface area (Å²) in [6, 6.07) is 6.18. The minimum atomic E-state index is -0.284. The molecule has 0 unspecified atom stereocenters. The lowest BCUT2D eigenvalue weighted by atomic mass is 10.2. The predicted octanol–water partition coefficient (Wildman–Crippen LogP) is 2.08. The van der Waals surface area contributed by atoms with E-state index in [9.17, 15) is 9.18 Å². The molecule has 0 aliphatic carbocycles. The molecule has 8 nitrogen and oxygen atoms in total. The Morgan fingerprint density at radius 1 is 1.26 bits per heavy atom. The van der Waals surface area contributed by atoms with Crippen molar-refractivity contribution in [2.24, 2.45) is 0 Å². The standard InChI is InChI=1S/C18H18FN7O/c1-10-20-18-21-12(8-16(27)26(18)24-10)9-25-6-2-3-15(25)17-22-13-5-4-11(19)7-14(13)23-17/h4-5,7-8,15H,2-3,6,9H2,1H3,(H,22,23)(H,20,21,24)/t15-/m1/s1. The van der Waals surface area contributed by atoms with Gasteiger partial charge in [-0.05, 0) is 44.5 Å². The van der Waals surface area contributed by atoms with Crippen LogP contribution < -0.4 is 5.56 Å². The molecule has 9 heteroatoms. The van der Waals surface area contributed by atoms with E-state index in [2.05, 4.69) is 29.9 Å². The first-order chi connectivity index (χ1) is 13.1. The molecule has 1 atom stereocenters. The second-order valence-electron chi connectivity index (χ2n) is 6.94. The second kappa shape index (κ2) is 5.98. The molecule has 1 aliphatic heterocycles. The van der Waals surface area contributed by atoms with Crippen molar-refractivity contribution in [3.05, 3.63) is 57.8 Å². The average Bonchev–Trinajstić information content (AvgIpc) is 3.32. The van der Waals surface area contributed by atoms with Crippen molar-refractivity contribution < 1.29 is 4.39 Å². The highest BCUT2D eigenvalue weighted by Gasteiger charge is 2.29. The zero-order chi connectivity index (χ0) is 18.5. The molecule has 0 radical (unpaired) electrons. The van der Waals surface area contributed by atoms with Crippen LogP contribution in [-0.4, -0.2) is 41.0 Å². The van der Waals surface area contributed by atoms with Crippen LogP contribution in [0.2, 0.25) is 0 Å². The number of aromatic amines is 2. The molecule has 1 aliphatic rings. The van der Waals surface area contributed by atoms with E-state index in [0.29, 0.717) is 29.4 Å². The molecule has 27 heavy (non-hydrogen) atoms. The lowest BCUT2D eigenvalue weighted by molar-refractivity contribution is 0.238. The Morgan fingerprint density at radius 2 is 2.15 bits per heavy atom. The average molecular weight is 367 g/mol. The van der Waals surface area contributed by atoms with Crippen molar-refractivity contribution in [1.82, 2.24) is 34.4 Å². The zero-order valence-corrected chi connectivity index (χ0v) is 14.7. The molecule has 4 aromatic rings. The molecule has 0 spiro atoms. The van der Waals surface area contributed by atoms with Crippen LogP contribution in [0.1, 0.15) is 36.2 Å². The van der Waals surface area contributed by atoms with E-state index in [1.54, 1.807) is 13.0 Å². The highest BCUT2D eigenvalue weighted by molar-refractivity contribution is 5.75. The number of fused-ring (bicyclic) bond motifs is 2. The number of nitrogens with one attached hydrogen (secondary N) is 2. The highest BCUT2D eigenvalue weighted by atomic mass is 19.1. The SMILES string of the molecule is Cc1nc2nc(CN3CCC[C@@H]3c3nc4ccc(F)cc4[nH]3)cc(=O)n2[nH]1. The third kappa shape index (κ3) is 2.80. The number of aromatic nitrogens is 6. The van der Waals surface area contributed by atoms with Crippen molar-refractivity contribution in [2.45, 2.75) is 32.4 Å². The van der Waals surface area contributed by atoms with Crippen molar-refractivity contribution in [3.63, 3.8) is 0 Å². The predicted molar refractivity (Wildman–Crippen MR) is 96.8 cm³/mol. The van der Waals surface area contributed by atoms with Gasteiger partial charge in [0.15, 0.2) is 0 Å². The van der Waals surface area contributed by atoms with Gasteiger partial charge in [0.25, 0.3) is 11.3 Å². The summed E-state index contributed by atoms with van der Waals surface area (Å²) in [5, 5.41) is 2.87. The third-order valence-corrected chi connectivity index (χ3v) is 5.00. The lowest BCUT2D eigenvalue weighted by Gasteiger charge is -2.22. The first-order valence-electron chi connectivity index (χ1n) is 8.91. The molecule has 138 valence electrons. The van der Waals surface area contributed by atoms with Gasteiger partial charge in [-0.1, -0.05) is 0 Å². The molecular formula is C18H18FN7O. The lowest BCUT2D eigenvalue weighted by Crippen LogP contribution is -2.26. The Bertz CT molecular complexity index is 1210. The van der Waals surface area contributed by atoms with Gasteiger partial charge in [-0.15, -0.1) is 0 Å². The zero-order valence-electron chi connectivity index (χ0n) is 14.7. The molecule has 5 rings (SSSR count). The van der Waals surface area contributed by atoms with Gasteiger partial charge in [0.1, 0.15) is 17.5 Å². The Hall–Kier alpha value is -3.07. The molecule has 2 N–H and O–H groups in total. The van der Waals surface area contributed by atoms with Crippen LogP contribution in [0.4, 0.5) is 4.39 Å². The molecular weight excluding hydrogens is 349 g/mol. The first-order valence-corrected chi connectivity index (χ1v) is 8.91. The van der Waals surface area contributed by atoms with Gasteiger partial charge in [-0.25, -0.2) is 14.4 Å². The van der Waals surface area contributed by atoms with Crippen LogP contribution in [0.25, 0.3) is 16.8 Å². The number of halogens is 1. The van der Waals surface area contributed by atoms with Crippen molar-refractivity contribution in [3.8, 4) is 0 Å². The fourth-order valence-electron chi connectivity index (χ4n) is 3.81. The quantitative estimate of drug-likeness (QED) is 0.578. The smallest absolute Gasteiger partial charge is 0.274 e. The van der Waals surface area contributed by atoms with Crippen molar-refractivity contribution in [2.75, 3.05) is 6.54 Å². The van der Waals surface area contributed by atoms with Gasteiger partial charge in [0.05, 0.1) is 22.8 Å². The summed E-state index contributed by atoms with van der Waals surface area (Å²) in [6.45, 7) is 3.21. The van der Waals surface area contributed by atoms with Crippen LogP contribution in [0, 0.1) is 12.7 Å². The summed E-state index contributed by atoms with van der Waals surface area (Å²) < 4.78 is 14.8. The first kappa shape index (κ1) is 16.1. The molecule has 4 heterocycles. The highest BCUT2D eigenvalue weighted by Crippen LogP contribution is 2.32. The maximum absolute atomic E-state index is 13.4. The molecule has 0 amide bonds. The Labute approximate surface area is 153 Å². The van der Waals surface area contributed by atoms with Crippen LogP contribution in [-0.2, 0) is 6.54 Å². The topological polar surface area (TPSA) is 95.0 Å². The maximum atomic E-state index is 13.4. The van der Waals surface area contributed by atoms with Crippen LogP contribution in [0.5, 0.6) is 0 Å². The Kier molecular flexibility index (Phi) is 3.57. The summed E-state index contributed by atoms with van der Waals surface area (Å²) in [7, 11) is 0. The molecule has 0 bridgehead atoms. The molecule has 1 saturated heterocycles. The van der Waals surface area contributed by atoms with E-state index in [4.69, 9.17) is 0 Å². The van der Waals surface area contributed by atoms with E-state index in [1.807, 2.05) is 0 Å². The van der Waals surface area contributed by atoms with Gasteiger partial charge in [-0.3, -0.25) is 14.8 Å². The number of H-pyrrole nitrogens is 2. The summed E-state index contributed by atoms with van der Waals surface area (Å²) >= 11 is 0. The Balaban J connectivity index is 1.46. The molecule has 3 aromatic heterocycles. The number of hydrogen-bond acceptors (Lipinski definition) is 5. The number of benzene rings is 1. The normalized spacial score (nSPS) is 18.1. The summed E-state index contributed by atoms with van der Waals surface area (Å²) in [4.78, 5) is 31.1. The van der Waals surface area contributed by atoms with Gasteiger partial charge in [-0.2, -0.15) is 9.50 Å². The number of nitrogens with zero attached hydrogens (tertiary/aromatic N) is 5. The Morgan fingerprint density at radius 3 is 3.04 bits per heavy atom. The second-order valence-corrected chi connectivity index (χ2v) is 6.94. The summed E-state index contributed by atoms with van der Waals surface area (Å²) in [5.74, 6) is 1.56. The maximum Gasteiger partial charge on any atom is 0.274 e. The largest absolute Gasteiger partial charge is 0.341 e. The number of aryl methyl sites for hydroxylation is 1. The number of rotatable bonds is 3.